The Bertz CT molecular complexity index is 355. The first-order valence-electron chi connectivity index (χ1n) is 5.12. The number of hydrogen-bond donors (Lipinski definition) is 1. The lowest BCUT2D eigenvalue weighted by Crippen LogP contribution is -2.26. The van der Waals surface area contributed by atoms with Crippen LogP contribution in [0.1, 0.15) is 12.1 Å². The first kappa shape index (κ1) is 13.1. The lowest BCUT2D eigenvalue weighted by molar-refractivity contribution is -0.128. The minimum absolute atomic E-state index is 0.134. The van der Waals surface area contributed by atoms with Gasteiger partial charge in [0.25, 0.3) is 0 Å². The average molecular weight is 286 g/mol. The van der Waals surface area contributed by atoms with E-state index >= 15 is 0 Å². The molecule has 0 spiro atoms. The van der Waals surface area contributed by atoms with Gasteiger partial charge in [-0.25, -0.2) is 4.98 Å². The van der Waals surface area contributed by atoms with Crippen LogP contribution in [-0.4, -0.2) is 36.4 Å². The Hall–Kier alpha value is -0.940. The minimum Gasteiger partial charge on any atom is -0.349 e. The van der Waals surface area contributed by atoms with Crippen LogP contribution >= 0.6 is 15.9 Å². The molecule has 1 heterocycles. The molecular weight excluding hydrogens is 270 g/mol. The maximum absolute atomic E-state index is 11.3. The summed E-state index contributed by atoms with van der Waals surface area (Å²) in [5, 5.41) is 3.18. The molecule has 1 aromatic heterocycles. The highest BCUT2D eigenvalue weighted by molar-refractivity contribution is 9.10. The second kappa shape index (κ2) is 6.60. The summed E-state index contributed by atoms with van der Waals surface area (Å²) in [6.07, 6.45) is 0.515. The average Bonchev–Trinajstić information content (AvgIpc) is 2.24. The Balaban J connectivity index is 2.23. The third kappa shape index (κ3) is 4.72. The van der Waals surface area contributed by atoms with Gasteiger partial charge in [0.05, 0.1) is 5.69 Å². The van der Waals surface area contributed by atoms with Gasteiger partial charge in [-0.05, 0) is 28.1 Å². The van der Waals surface area contributed by atoms with Gasteiger partial charge in [-0.2, -0.15) is 0 Å². The highest BCUT2D eigenvalue weighted by atomic mass is 79.9. The Morgan fingerprint density at radius 2 is 2.25 bits per heavy atom. The summed E-state index contributed by atoms with van der Waals surface area (Å²) >= 11 is 3.31. The number of hydrogen-bond acceptors (Lipinski definition) is 3. The number of halogens is 1. The quantitative estimate of drug-likeness (QED) is 0.657. The van der Waals surface area contributed by atoms with E-state index in [4.69, 9.17) is 0 Å². The third-order valence-electron chi connectivity index (χ3n) is 2.09. The van der Waals surface area contributed by atoms with Crippen LogP contribution in [0.4, 0.5) is 0 Å². The number of carbonyl (C=O) groups excluding carboxylic acids is 1. The zero-order valence-corrected chi connectivity index (χ0v) is 11.1. The van der Waals surface area contributed by atoms with Gasteiger partial charge >= 0.3 is 0 Å². The zero-order chi connectivity index (χ0) is 12.0. The van der Waals surface area contributed by atoms with Gasteiger partial charge in [0.2, 0.25) is 5.91 Å². The van der Waals surface area contributed by atoms with Crippen LogP contribution < -0.4 is 5.32 Å². The van der Waals surface area contributed by atoms with Gasteiger partial charge in [-0.15, -0.1) is 0 Å². The number of pyridine rings is 1. The summed E-state index contributed by atoms with van der Waals surface area (Å²) in [6, 6.07) is 5.78. The van der Waals surface area contributed by atoms with Gasteiger partial charge in [0.1, 0.15) is 4.60 Å². The Morgan fingerprint density at radius 3 is 2.88 bits per heavy atom. The van der Waals surface area contributed by atoms with Crippen molar-refractivity contribution in [1.29, 1.82) is 0 Å². The van der Waals surface area contributed by atoms with E-state index in [0.717, 1.165) is 10.3 Å². The van der Waals surface area contributed by atoms with Crippen molar-refractivity contribution in [1.82, 2.24) is 15.2 Å². The van der Waals surface area contributed by atoms with Crippen molar-refractivity contribution in [2.24, 2.45) is 0 Å². The molecular formula is C11H16BrN3O. The molecule has 1 aromatic rings. The predicted molar refractivity (Wildman–Crippen MR) is 67.0 cm³/mol. The maximum Gasteiger partial charge on any atom is 0.223 e. The number of carbonyl (C=O) groups is 1. The van der Waals surface area contributed by atoms with E-state index in [2.05, 4.69) is 26.2 Å². The number of aromatic nitrogens is 1. The Morgan fingerprint density at radius 1 is 1.50 bits per heavy atom. The van der Waals surface area contributed by atoms with E-state index in [1.165, 1.54) is 0 Å². The second-order valence-electron chi connectivity index (χ2n) is 3.67. The van der Waals surface area contributed by atoms with E-state index in [1.807, 2.05) is 18.2 Å². The summed E-state index contributed by atoms with van der Waals surface area (Å²) in [6.45, 7) is 1.35. The molecule has 1 rings (SSSR count). The van der Waals surface area contributed by atoms with Crippen molar-refractivity contribution in [3.05, 3.63) is 28.5 Å². The smallest absolute Gasteiger partial charge is 0.223 e. The molecule has 0 fully saturated rings. The van der Waals surface area contributed by atoms with Crippen molar-refractivity contribution < 1.29 is 4.79 Å². The highest BCUT2D eigenvalue weighted by Crippen LogP contribution is 2.05. The number of amides is 1. The lowest BCUT2D eigenvalue weighted by Gasteiger charge is -2.10. The molecule has 1 amide bonds. The van der Waals surface area contributed by atoms with Crippen molar-refractivity contribution in [3.8, 4) is 0 Å². The molecule has 0 aliphatic heterocycles. The van der Waals surface area contributed by atoms with Crippen LogP contribution in [0.3, 0.4) is 0 Å². The third-order valence-corrected chi connectivity index (χ3v) is 2.53. The Labute approximate surface area is 104 Å². The summed E-state index contributed by atoms with van der Waals surface area (Å²) in [7, 11) is 3.52. The van der Waals surface area contributed by atoms with Gasteiger partial charge in [0, 0.05) is 33.6 Å². The largest absolute Gasteiger partial charge is 0.349 e. The van der Waals surface area contributed by atoms with Gasteiger partial charge in [-0.3, -0.25) is 4.79 Å². The Kier molecular flexibility index (Phi) is 5.42. The number of nitrogens with one attached hydrogen (secondary N) is 1. The highest BCUT2D eigenvalue weighted by Gasteiger charge is 2.02. The van der Waals surface area contributed by atoms with Crippen LogP contribution in [0.2, 0.25) is 0 Å². The lowest BCUT2D eigenvalue weighted by atomic mass is 10.3. The fraction of sp³-hybridized carbons (Fsp3) is 0.455. The monoisotopic (exact) mass is 285 g/mol. The van der Waals surface area contributed by atoms with E-state index in [1.54, 1.807) is 19.0 Å². The minimum atomic E-state index is 0.134. The van der Waals surface area contributed by atoms with E-state index < -0.39 is 0 Å². The summed E-state index contributed by atoms with van der Waals surface area (Å²) in [5.74, 6) is 0.134. The fourth-order valence-corrected chi connectivity index (χ4v) is 1.56. The summed E-state index contributed by atoms with van der Waals surface area (Å²) < 4.78 is 0.830. The molecule has 4 nitrogen and oxygen atoms in total. The molecule has 88 valence electrons. The molecule has 0 saturated carbocycles. The number of nitrogens with zero attached hydrogens (tertiary/aromatic N) is 2. The molecule has 0 aliphatic carbocycles. The SMILES string of the molecule is CN(C)C(=O)CCNCc1cccc(Br)n1. The van der Waals surface area contributed by atoms with Crippen molar-refractivity contribution in [2.75, 3.05) is 20.6 Å². The molecule has 1 N–H and O–H groups in total. The molecule has 5 heteroatoms. The standard InChI is InChI=1S/C11H16BrN3O/c1-15(2)11(16)6-7-13-8-9-4-3-5-10(12)14-9/h3-5,13H,6-8H2,1-2H3. The van der Waals surface area contributed by atoms with E-state index in [0.29, 0.717) is 19.5 Å². The molecule has 0 aliphatic rings. The summed E-state index contributed by atoms with van der Waals surface area (Å²) in [5.41, 5.74) is 0.965. The molecule has 0 atom stereocenters. The first-order valence-corrected chi connectivity index (χ1v) is 5.91. The van der Waals surface area contributed by atoms with Gasteiger partial charge < -0.3 is 10.2 Å². The first-order chi connectivity index (χ1) is 7.59. The van der Waals surface area contributed by atoms with Crippen molar-refractivity contribution in [2.45, 2.75) is 13.0 Å². The van der Waals surface area contributed by atoms with Gasteiger partial charge in [0.15, 0.2) is 0 Å². The number of rotatable bonds is 5. The predicted octanol–water partition coefficient (Wildman–Crippen LogP) is 1.41. The fourth-order valence-electron chi connectivity index (χ4n) is 1.18. The molecule has 0 bridgehead atoms. The van der Waals surface area contributed by atoms with Crippen LogP contribution in [0.15, 0.2) is 22.8 Å². The molecule has 0 unspecified atom stereocenters. The van der Waals surface area contributed by atoms with Crippen LogP contribution in [0, 0.1) is 0 Å². The molecule has 16 heavy (non-hydrogen) atoms. The van der Waals surface area contributed by atoms with Crippen LogP contribution in [0.5, 0.6) is 0 Å². The van der Waals surface area contributed by atoms with Crippen LogP contribution in [0.25, 0.3) is 0 Å². The zero-order valence-electron chi connectivity index (χ0n) is 9.53. The topological polar surface area (TPSA) is 45.2 Å². The van der Waals surface area contributed by atoms with E-state index in [9.17, 15) is 4.79 Å². The molecule has 0 aromatic carbocycles. The normalized spacial score (nSPS) is 10.2. The van der Waals surface area contributed by atoms with Crippen LogP contribution in [-0.2, 0) is 11.3 Å². The van der Waals surface area contributed by atoms with Crippen molar-refractivity contribution in [3.63, 3.8) is 0 Å². The van der Waals surface area contributed by atoms with Crippen molar-refractivity contribution >= 4 is 21.8 Å². The summed E-state index contributed by atoms with van der Waals surface area (Å²) in [4.78, 5) is 17.2. The maximum atomic E-state index is 11.3. The van der Waals surface area contributed by atoms with Gasteiger partial charge in [-0.1, -0.05) is 6.07 Å². The molecule has 0 saturated heterocycles. The van der Waals surface area contributed by atoms with E-state index in [-0.39, 0.29) is 5.91 Å². The second-order valence-corrected chi connectivity index (χ2v) is 4.48. The molecule has 0 radical (unpaired) electrons.